The van der Waals surface area contributed by atoms with Gasteiger partial charge in [0.1, 0.15) is 5.76 Å². The molecular formula is C18H31N3O3. The highest BCUT2D eigenvalue weighted by Crippen LogP contribution is 2.32. The molecule has 0 spiro atoms. The molecule has 0 unspecified atom stereocenters. The Bertz CT molecular complexity index is 532. The minimum Gasteiger partial charge on any atom is -0.394 e. The van der Waals surface area contributed by atoms with Crippen molar-refractivity contribution in [1.29, 1.82) is 0 Å². The van der Waals surface area contributed by atoms with Crippen LogP contribution in [-0.2, 0) is 6.42 Å². The van der Waals surface area contributed by atoms with E-state index in [-0.39, 0.29) is 18.7 Å². The summed E-state index contributed by atoms with van der Waals surface area (Å²) in [6.07, 6.45) is 6.39. The highest BCUT2D eigenvalue weighted by Gasteiger charge is 2.36. The number of hydrogen-bond acceptors (Lipinski definition) is 4. The molecule has 2 rings (SSSR count). The molecule has 136 valence electrons. The molecule has 1 fully saturated rings. The number of aryl methyl sites for hydroxylation is 2. The molecule has 1 saturated carbocycles. The summed E-state index contributed by atoms with van der Waals surface area (Å²) in [5, 5.41) is 19.8. The summed E-state index contributed by atoms with van der Waals surface area (Å²) in [6, 6.07) is -0.271. The van der Waals surface area contributed by atoms with Gasteiger partial charge < -0.3 is 20.3 Å². The number of carbonyl (C=O) groups is 1. The van der Waals surface area contributed by atoms with Crippen LogP contribution in [0.4, 0.5) is 4.79 Å². The SMILES string of the molecule is Cc1noc(C)c1C[C@H](C)NC(=O)N[C@@](C)(CO)C1CCCCC1. The van der Waals surface area contributed by atoms with Gasteiger partial charge in [-0.1, -0.05) is 24.4 Å². The van der Waals surface area contributed by atoms with Gasteiger partial charge in [-0.05, 0) is 52.9 Å². The van der Waals surface area contributed by atoms with Crippen LogP contribution in [0, 0.1) is 19.8 Å². The van der Waals surface area contributed by atoms with Gasteiger partial charge in [-0.3, -0.25) is 0 Å². The van der Waals surface area contributed by atoms with E-state index in [1.54, 1.807) is 0 Å². The first-order valence-electron chi connectivity index (χ1n) is 8.97. The predicted octanol–water partition coefficient (Wildman–Crippen LogP) is 2.85. The van der Waals surface area contributed by atoms with E-state index in [0.717, 1.165) is 29.9 Å². The van der Waals surface area contributed by atoms with Gasteiger partial charge >= 0.3 is 6.03 Å². The number of aliphatic hydroxyl groups excluding tert-OH is 1. The van der Waals surface area contributed by atoms with E-state index in [2.05, 4.69) is 15.8 Å². The third-order valence-electron chi connectivity index (χ3n) is 5.30. The predicted molar refractivity (Wildman–Crippen MR) is 92.9 cm³/mol. The number of aromatic nitrogens is 1. The molecule has 2 atom stereocenters. The lowest BCUT2D eigenvalue weighted by molar-refractivity contribution is 0.101. The van der Waals surface area contributed by atoms with Crippen molar-refractivity contribution < 1.29 is 14.4 Å². The van der Waals surface area contributed by atoms with E-state index in [0.29, 0.717) is 12.3 Å². The van der Waals surface area contributed by atoms with Crippen molar-refractivity contribution in [2.45, 2.75) is 77.8 Å². The van der Waals surface area contributed by atoms with E-state index in [9.17, 15) is 9.90 Å². The third-order valence-corrected chi connectivity index (χ3v) is 5.30. The summed E-state index contributed by atoms with van der Waals surface area (Å²) in [6.45, 7) is 7.66. The van der Waals surface area contributed by atoms with Crippen LogP contribution in [0.5, 0.6) is 0 Å². The number of nitrogens with zero attached hydrogens (tertiary/aromatic N) is 1. The maximum atomic E-state index is 12.4. The summed E-state index contributed by atoms with van der Waals surface area (Å²) in [5.74, 6) is 1.13. The fourth-order valence-electron chi connectivity index (χ4n) is 3.68. The van der Waals surface area contributed by atoms with Gasteiger partial charge in [-0.25, -0.2) is 4.79 Å². The fourth-order valence-corrected chi connectivity index (χ4v) is 3.68. The Balaban J connectivity index is 1.90. The van der Waals surface area contributed by atoms with Crippen molar-refractivity contribution in [3.05, 3.63) is 17.0 Å². The van der Waals surface area contributed by atoms with E-state index in [1.165, 1.54) is 19.3 Å². The third kappa shape index (κ3) is 4.50. The van der Waals surface area contributed by atoms with Crippen LogP contribution in [0.25, 0.3) is 0 Å². The summed E-state index contributed by atoms with van der Waals surface area (Å²) < 4.78 is 5.17. The molecule has 1 aromatic heterocycles. The van der Waals surface area contributed by atoms with Crippen molar-refractivity contribution in [3.8, 4) is 0 Å². The normalized spacial score (nSPS) is 19.5. The number of aliphatic hydroxyl groups is 1. The summed E-state index contributed by atoms with van der Waals surface area (Å²) in [5.41, 5.74) is 1.34. The second kappa shape index (κ2) is 8.01. The average molecular weight is 337 g/mol. The molecule has 6 nitrogen and oxygen atoms in total. The fraction of sp³-hybridized carbons (Fsp3) is 0.778. The van der Waals surface area contributed by atoms with Crippen LogP contribution >= 0.6 is 0 Å². The average Bonchev–Trinajstić information content (AvgIpc) is 2.87. The van der Waals surface area contributed by atoms with Crippen LogP contribution in [0.1, 0.15) is 63.0 Å². The quantitative estimate of drug-likeness (QED) is 0.745. The van der Waals surface area contributed by atoms with Gasteiger partial charge in [-0.15, -0.1) is 0 Å². The van der Waals surface area contributed by atoms with E-state index in [4.69, 9.17) is 4.52 Å². The molecule has 0 aromatic carbocycles. The Labute approximate surface area is 144 Å². The molecule has 1 aliphatic carbocycles. The Morgan fingerprint density at radius 3 is 2.58 bits per heavy atom. The Morgan fingerprint density at radius 2 is 2.04 bits per heavy atom. The number of carbonyl (C=O) groups excluding carboxylic acids is 1. The minimum absolute atomic E-state index is 0.0384. The number of amides is 2. The number of nitrogens with one attached hydrogen (secondary N) is 2. The first kappa shape index (κ1) is 18.8. The van der Waals surface area contributed by atoms with E-state index < -0.39 is 5.54 Å². The largest absolute Gasteiger partial charge is 0.394 e. The molecule has 3 N–H and O–H groups in total. The molecular weight excluding hydrogens is 306 g/mol. The Kier molecular flexibility index (Phi) is 6.27. The lowest BCUT2D eigenvalue weighted by Gasteiger charge is -2.39. The molecule has 1 heterocycles. The zero-order chi connectivity index (χ0) is 17.7. The van der Waals surface area contributed by atoms with Crippen LogP contribution in [-0.4, -0.2) is 34.5 Å². The standard InChI is InChI=1S/C18H31N3O3/c1-12(10-16-13(2)21-24-14(16)3)19-17(23)20-18(4,11-22)15-8-6-5-7-9-15/h12,15,22H,5-11H2,1-4H3,(H2,19,20,23)/t12-,18-/m0/s1. The maximum absolute atomic E-state index is 12.4. The van der Waals surface area contributed by atoms with Crippen LogP contribution in [0.15, 0.2) is 4.52 Å². The molecule has 1 aromatic rings. The van der Waals surface area contributed by atoms with Crippen molar-refractivity contribution >= 4 is 6.03 Å². The van der Waals surface area contributed by atoms with Crippen molar-refractivity contribution in [3.63, 3.8) is 0 Å². The van der Waals surface area contributed by atoms with Crippen molar-refractivity contribution in [1.82, 2.24) is 15.8 Å². The summed E-state index contributed by atoms with van der Waals surface area (Å²) in [7, 11) is 0. The molecule has 0 radical (unpaired) electrons. The van der Waals surface area contributed by atoms with Gasteiger partial charge in [-0.2, -0.15) is 0 Å². The first-order valence-corrected chi connectivity index (χ1v) is 8.97. The highest BCUT2D eigenvalue weighted by atomic mass is 16.5. The molecule has 1 aliphatic rings. The van der Waals surface area contributed by atoms with E-state index in [1.807, 2.05) is 27.7 Å². The summed E-state index contributed by atoms with van der Waals surface area (Å²) in [4.78, 5) is 12.4. The van der Waals surface area contributed by atoms with E-state index >= 15 is 0 Å². The highest BCUT2D eigenvalue weighted by molar-refractivity contribution is 5.75. The zero-order valence-corrected chi connectivity index (χ0v) is 15.3. The van der Waals surface area contributed by atoms with Crippen molar-refractivity contribution in [2.75, 3.05) is 6.61 Å². The van der Waals surface area contributed by atoms with Gasteiger partial charge in [0, 0.05) is 11.6 Å². The lowest BCUT2D eigenvalue weighted by atomic mass is 9.76. The van der Waals surface area contributed by atoms with Gasteiger partial charge in [0.2, 0.25) is 0 Å². The van der Waals surface area contributed by atoms with Crippen LogP contribution in [0.3, 0.4) is 0 Å². The van der Waals surface area contributed by atoms with Gasteiger partial charge in [0.15, 0.2) is 0 Å². The Hall–Kier alpha value is -1.56. The second-order valence-electron chi connectivity index (χ2n) is 7.42. The maximum Gasteiger partial charge on any atom is 0.315 e. The minimum atomic E-state index is -0.562. The topological polar surface area (TPSA) is 87.4 Å². The van der Waals surface area contributed by atoms with Gasteiger partial charge in [0.25, 0.3) is 0 Å². The van der Waals surface area contributed by atoms with Crippen molar-refractivity contribution in [2.24, 2.45) is 5.92 Å². The second-order valence-corrected chi connectivity index (χ2v) is 7.42. The number of rotatable bonds is 6. The molecule has 0 saturated heterocycles. The zero-order valence-electron chi connectivity index (χ0n) is 15.3. The molecule has 0 bridgehead atoms. The molecule has 0 aliphatic heterocycles. The lowest BCUT2D eigenvalue weighted by Crippen LogP contribution is -2.58. The smallest absolute Gasteiger partial charge is 0.315 e. The molecule has 24 heavy (non-hydrogen) atoms. The number of hydrogen-bond donors (Lipinski definition) is 3. The van der Waals surface area contributed by atoms with Crippen LogP contribution < -0.4 is 10.6 Å². The Morgan fingerprint density at radius 1 is 1.38 bits per heavy atom. The molecule has 2 amide bonds. The first-order chi connectivity index (χ1) is 11.4. The molecule has 6 heteroatoms. The monoisotopic (exact) mass is 337 g/mol. The summed E-state index contributed by atoms with van der Waals surface area (Å²) >= 11 is 0. The van der Waals surface area contributed by atoms with Gasteiger partial charge in [0.05, 0.1) is 17.8 Å². The van der Waals surface area contributed by atoms with Crippen LogP contribution in [0.2, 0.25) is 0 Å². The number of urea groups is 1.